The highest BCUT2D eigenvalue weighted by Crippen LogP contribution is 2.39. The molecule has 140 valence electrons. The third-order valence-electron chi connectivity index (χ3n) is 5.06. The number of aryl methyl sites for hydroxylation is 2. The van der Waals surface area contributed by atoms with Crippen molar-refractivity contribution in [1.29, 1.82) is 0 Å². The fraction of sp³-hybridized carbons (Fsp3) is 0.318. The number of benzene rings is 2. The van der Waals surface area contributed by atoms with Gasteiger partial charge in [-0.05, 0) is 55.9 Å². The van der Waals surface area contributed by atoms with E-state index in [4.69, 9.17) is 9.47 Å². The molecule has 0 radical (unpaired) electrons. The van der Waals surface area contributed by atoms with Crippen molar-refractivity contribution >= 4 is 22.3 Å². The van der Waals surface area contributed by atoms with E-state index in [1.807, 2.05) is 18.2 Å². The summed E-state index contributed by atoms with van der Waals surface area (Å²) in [5.74, 6) is 1.83. The van der Waals surface area contributed by atoms with Crippen molar-refractivity contribution in [1.82, 2.24) is 4.98 Å². The zero-order chi connectivity index (χ0) is 19.0. The van der Waals surface area contributed by atoms with Crippen LogP contribution in [0.5, 0.6) is 11.5 Å². The Bertz CT molecular complexity index is 1030. The van der Waals surface area contributed by atoms with Gasteiger partial charge < -0.3 is 19.8 Å². The fourth-order valence-corrected chi connectivity index (χ4v) is 3.32. The summed E-state index contributed by atoms with van der Waals surface area (Å²) in [4.78, 5) is 15.3. The fourth-order valence-electron chi connectivity index (χ4n) is 3.32. The van der Waals surface area contributed by atoms with Crippen LogP contribution in [0.4, 0.5) is 11.4 Å². The number of H-pyrrole nitrogens is 1. The zero-order valence-electron chi connectivity index (χ0n) is 15.9. The van der Waals surface area contributed by atoms with Gasteiger partial charge in [-0.1, -0.05) is 18.2 Å². The van der Waals surface area contributed by atoms with Crippen molar-refractivity contribution in [2.75, 3.05) is 19.0 Å². The quantitative estimate of drug-likeness (QED) is 0.666. The predicted molar refractivity (Wildman–Crippen MR) is 109 cm³/mol. The highest BCUT2D eigenvalue weighted by molar-refractivity contribution is 5.97. The van der Waals surface area contributed by atoms with Crippen LogP contribution < -0.4 is 20.3 Å². The molecule has 1 aromatic heterocycles. The number of aromatic nitrogens is 1. The number of ether oxygens (including phenoxy) is 2. The van der Waals surface area contributed by atoms with Crippen LogP contribution in [0.25, 0.3) is 10.9 Å². The van der Waals surface area contributed by atoms with Gasteiger partial charge in [0.05, 0.1) is 24.9 Å². The first-order valence-corrected chi connectivity index (χ1v) is 9.27. The minimum atomic E-state index is -0.180. The van der Waals surface area contributed by atoms with Crippen LogP contribution in [-0.4, -0.2) is 18.7 Å². The molecule has 2 N–H and O–H groups in total. The number of methoxy groups -OCH3 is 1. The van der Waals surface area contributed by atoms with Gasteiger partial charge in [-0.15, -0.1) is 0 Å². The summed E-state index contributed by atoms with van der Waals surface area (Å²) in [7, 11) is 1.61. The number of pyridine rings is 1. The summed E-state index contributed by atoms with van der Waals surface area (Å²) in [5.41, 5.74) is 4.51. The van der Waals surface area contributed by atoms with E-state index in [0.29, 0.717) is 29.5 Å². The molecule has 3 aromatic rings. The van der Waals surface area contributed by atoms with Gasteiger partial charge in [-0.3, -0.25) is 4.79 Å². The lowest BCUT2D eigenvalue weighted by molar-refractivity contribution is 0.283. The largest absolute Gasteiger partial charge is 0.493 e. The van der Waals surface area contributed by atoms with Gasteiger partial charge in [-0.25, -0.2) is 0 Å². The van der Waals surface area contributed by atoms with Crippen LogP contribution in [0.3, 0.4) is 0 Å². The second kappa shape index (κ2) is 6.99. The van der Waals surface area contributed by atoms with Gasteiger partial charge in [-0.2, -0.15) is 0 Å². The van der Waals surface area contributed by atoms with Crippen molar-refractivity contribution in [2.24, 2.45) is 5.92 Å². The lowest BCUT2D eigenvalue weighted by Crippen LogP contribution is -2.10. The van der Waals surface area contributed by atoms with Crippen LogP contribution in [0, 0.1) is 19.8 Å². The van der Waals surface area contributed by atoms with Crippen LogP contribution in [0.2, 0.25) is 0 Å². The molecule has 1 aliphatic rings. The summed E-state index contributed by atoms with van der Waals surface area (Å²) in [6.45, 7) is 4.75. The first kappa shape index (κ1) is 17.5. The normalized spacial score (nSPS) is 13.6. The van der Waals surface area contributed by atoms with Gasteiger partial charge in [0.1, 0.15) is 0 Å². The van der Waals surface area contributed by atoms with Gasteiger partial charge in [0.15, 0.2) is 11.5 Å². The molecule has 0 saturated heterocycles. The highest BCUT2D eigenvalue weighted by Gasteiger charge is 2.24. The van der Waals surface area contributed by atoms with E-state index in [-0.39, 0.29) is 5.56 Å². The number of para-hydroxylation sites is 1. The first-order valence-electron chi connectivity index (χ1n) is 9.27. The minimum Gasteiger partial charge on any atom is -0.493 e. The average Bonchev–Trinajstić information content (AvgIpc) is 3.47. The Labute approximate surface area is 158 Å². The van der Waals surface area contributed by atoms with Gasteiger partial charge in [0.2, 0.25) is 0 Å². The molecule has 1 heterocycles. The summed E-state index contributed by atoms with van der Waals surface area (Å²) >= 11 is 0. The third kappa shape index (κ3) is 3.50. The SMILES string of the molecule is COc1ccc2c(Nc3c(C)cccc3C)cc(=O)[nH]c2c1OCC1CC1. The number of nitrogens with one attached hydrogen (secondary N) is 2. The van der Waals surface area contributed by atoms with E-state index in [1.54, 1.807) is 13.2 Å². The Balaban J connectivity index is 1.83. The minimum absolute atomic E-state index is 0.180. The van der Waals surface area contributed by atoms with E-state index in [9.17, 15) is 4.79 Å². The lowest BCUT2D eigenvalue weighted by atomic mass is 10.1. The van der Waals surface area contributed by atoms with E-state index in [1.165, 1.54) is 12.8 Å². The molecule has 0 bridgehead atoms. The van der Waals surface area contributed by atoms with Crippen molar-refractivity contribution < 1.29 is 9.47 Å². The molecule has 0 aliphatic heterocycles. The van der Waals surface area contributed by atoms with Crippen LogP contribution in [0.15, 0.2) is 41.2 Å². The summed E-state index contributed by atoms with van der Waals surface area (Å²) in [6, 6.07) is 11.6. The Morgan fingerprint density at radius 2 is 1.89 bits per heavy atom. The summed E-state index contributed by atoms with van der Waals surface area (Å²) in [5, 5.41) is 4.34. The number of fused-ring (bicyclic) bond motifs is 1. The van der Waals surface area contributed by atoms with Crippen molar-refractivity contribution in [3.8, 4) is 11.5 Å². The Morgan fingerprint density at radius 3 is 2.56 bits per heavy atom. The smallest absolute Gasteiger partial charge is 0.250 e. The van der Waals surface area contributed by atoms with Crippen molar-refractivity contribution in [3.63, 3.8) is 0 Å². The van der Waals surface area contributed by atoms with E-state index >= 15 is 0 Å². The molecular formula is C22H24N2O3. The monoisotopic (exact) mass is 364 g/mol. The average molecular weight is 364 g/mol. The molecule has 0 atom stereocenters. The lowest BCUT2D eigenvalue weighted by Gasteiger charge is -2.17. The van der Waals surface area contributed by atoms with Gasteiger partial charge >= 0.3 is 0 Å². The number of rotatable bonds is 6. The number of hydrogen-bond acceptors (Lipinski definition) is 4. The third-order valence-corrected chi connectivity index (χ3v) is 5.06. The Morgan fingerprint density at radius 1 is 1.15 bits per heavy atom. The Hall–Kier alpha value is -2.95. The summed E-state index contributed by atoms with van der Waals surface area (Å²) in [6.07, 6.45) is 2.39. The molecule has 2 aromatic carbocycles. The zero-order valence-corrected chi connectivity index (χ0v) is 15.9. The number of anilines is 2. The Kier molecular flexibility index (Phi) is 4.52. The molecule has 0 unspecified atom stereocenters. The first-order chi connectivity index (χ1) is 13.1. The van der Waals surface area contributed by atoms with E-state index in [0.717, 1.165) is 27.9 Å². The molecule has 4 rings (SSSR count). The number of hydrogen-bond donors (Lipinski definition) is 2. The molecular weight excluding hydrogens is 340 g/mol. The van der Waals surface area contributed by atoms with E-state index < -0.39 is 0 Å². The molecule has 0 spiro atoms. The molecule has 0 amide bonds. The second-order valence-corrected chi connectivity index (χ2v) is 7.21. The standard InChI is InChI=1S/C22H24N2O3/c1-13-5-4-6-14(2)20(13)23-17-11-19(25)24-21-16(17)9-10-18(26-3)22(21)27-12-15-7-8-15/h4-6,9-11,15H,7-8,12H2,1-3H3,(H2,23,24,25). The van der Waals surface area contributed by atoms with Crippen molar-refractivity contribution in [2.45, 2.75) is 26.7 Å². The van der Waals surface area contributed by atoms with Crippen LogP contribution >= 0.6 is 0 Å². The van der Waals surface area contributed by atoms with Gasteiger partial charge in [0, 0.05) is 17.1 Å². The van der Waals surface area contributed by atoms with Crippen LogP contribution in [0.1, 0.15) is 24.0 Å². The van der Waals surface area contributed by atoms with Crippen molar-refractivity contribution in [3.05, 3.63) is 57.9 Å². The van der Waals surface area contributed by atoms with E-state index in [2.05, 4.69) is 36.3 Å². The molecule has 5 nitrogen and oxygen atoms in total. The maximum atomic E-state index is 12.4. The predicted octanol–water partition coefficient (Wildman–Crippen LogP) is 4.69. The topological polar surface area (TPSA) is 63.3 Å². The molecule has 5 heteroatoms. The second-order valence-electron chi connectivity index (χ2n) is 7.21. The summed E-state index contributed by atoms with van der Waals surface area (Å²) < 4.78 is 11.5. The maximum absolute atomic E-state index is 12.4. The van der Waals surface area contributed by atoms with Crippen LogP contribution in [-0.2, 0) is 0 Å². The highest BCUT2D eigenvalue weighted by atomic mass is 16.5. The maximum Gasteiger partial charge on any atom is 0.250 e. The molecule has 1 aliphatic carbocycles. The van der Waals surface area contributed by atoms with Gasteiger partial charge in [0.25, 0.3) is 5.56 Å². The molecule has 27 heavy (non-hydrogen) atoms. The number of aromatic amines is 1. The molecule has 1 saturated carbocycles. The molecule has 1 fully saturated rings.